The van der Waals surface area contributed by atoms with E-state index in [9.17, 15) is 0 Å². The predicted octanol–water partition coefficient (Wildman–Crippen LogP) is 18.2. The molecule has 0 radical (unpaired) electrons. The van der Waals surface area contributed by atoms with Gasteiger partial charge in [0.05, 0.1) is 39.1 Å². The van der Waals surface area contributed by atoms with Crippen LogP contribution in [0.4, 0.5) is 0 Å². The average Bonchev–Trinajstić information content (AvgIpc) is 4.09. The second kappa shape index (κ2) is 19.0. The minimum Gasteiger partial charge on any atom is -0.277 e. The Morgan fingerprint density at radius 1 is 0.237 bits per heavy atom. The van der Waals surface area contributed by atoms with Crippen LogP contribution in [0.15, 0.2) is 285 Å². The quantitative estimate of drug-likeness (QED) is 0.137. The maximum absolute atomic E-state index is 5.63. The molecule has 3 heterocycles. The highest BCUT2D eigenvalue weighted by Crippen LogP contribution is 2.45. The number of imidazole rings is 2. The van der Waals surface area contributed by atoms with Gasteiger partial charge in [-0.3, -0.25) is 8.97 Å². The van der Waals surface area contributed by atoms with Gasteiger partial charge in [-0.15, -0.1) is 0 Å². The van der Waals surface area contributed by atoms with Crippen molar-refractivity contribution in [3.63, 3.8) is 0 Å². The third kappa shape index (κ3) is 8.04. The lowest BCUT2D eigenvalue weighted by atomic mass is 9.90. The highest BCUT2D eigenvalue weighted by Gasteiger charge is 2.25. The van der Waals surface area contributed by atoms with E-state index in [1.807, 2.05) is 24.3 Å². The van der Waals surface area contributed by atoms with E-state index in [-0.39, 0.29) is 0 Å². The molecule has 0 atom stereocenters. The molecule has 0 bridgehead atoms. The fourth-order valence-corrected chi connectivity index (χ4v) is 10.9. The summed E-state index contributed by atoms with van der Waals surface area (Å²) >= 11 is 0. The van der Waals surface area contributed by atoms with E-state index in [2.05, 4.69) is 270 Å². The number of rotatable bonds is 10. The lowest BCUT2D eigenvalue weighted by molar-refractivity contribution is 1.11. The highest BCUT2D eigenvalue weighted by molar-refractivity contribution is 6.00. The highest BCUT2D eigenvalue weighted by atomic mass is 15.2. The average molecular weight is 970 g/mol. The summed E-state index contributed by atoms with van der Waals surface area (Å²) in [6.07, 6.45) is 0. The molecule has 5 nitrogen and oxygen atoms in total. The standard InChI is InChI=1S/C71H47N5/c1-8-22-48(23-9-1)55-38-41-66-68(45-55)75-67-46-56(59-39-36-57(42-60(59)50-26-12-3-13-27-50)65-47-64(53-32-18-6-19-33-53)72-70(73-65)54-34-20-7-21-35-54)37-40-63(67)74-71(75)76(66)69-61(51-28-14-4-15-29-51)43-58(49-24-10-2-11-25-49)44-62(69)52-30-16-5-17-31-52/h1-47H. The van der Waals surface area contributed by atoms with Gasteiger partial charge in [0.15, 0.2) is 5.82 Å². The molecule has 0 spiro atoms. The molecule has 11 aromatic carbocycles. The second-order valence-electron chi connectivity index (χ2n) is 19.2. The number of benzene rings is 11. The van der Waals surface area contributed by atoms with E-state index in [0.29, 0.717) is 5.82 Å². The van der Waals surface area contributed by atoms with Gasteiger partial charge in [0.25, 0.3) is 0 Å². The van der Waals surface area contributed by atoms with Crippen LogP contribution in [-0.4, -0.2) is 23.9 Å². The van der Waals surface area contributed by atoms with Crippen molar-refractivity contribution >= 4 is 27.8 Å². The fourth-order valence-electron chi connectivity index (χ4n) is 10.9. The Bertz CT molecular complexity index is 4280. The zero-order valence-electron chi connectivity index (χ0n) is 41.4. The number of hydrogen-bond donors (Lipinski definition) is 0. The minimum absolute atomic E-state index is 0.686. The van der Waals surface area contributed by atoms with Crippen LogP contribution in [0.3, 0.4) is 0 Å². The normalized spacial score (nSPS) is 11.4. The SMILES string of the molecule is c1ccc(-c2cc(-c3ccccc3)c(-n3c4ccc(-c5ccccc5)cc4n4c5cc(-c6ccc(-c7cc(-c8ccccc8)nc(-c8ccccc8)n7)cc6-c6ccccc6)ccc5nc34)c(-c3ccccc3)c2)cc1. The molecular weight excluding hydrogens is 923 g/mol. The van der Waals surface area contributed by atoms with Crippen molar-refractivity contribution in [2.45, 2.75) is 0 Å². The topological polar surface area (TPSA) is 48.0 Å². The van der Waals surface area contributed by atoms with Crippen LogP contribution in [-0.2, 0) is 0 Å². The van der Waals surface area contributed by atoms with E-state index in [4.69, 9.17) is 15.0 Å². The number of hydrogen-bond acceptors (Lipinski definition) is 3. The van der Waals surface area contributed by atoms with Crippen molar-refractivity contribution in [2.75, 3.05) is 0 Å². The summed E-state index contributed by atoms with van der Waals surface area (Å²) in [7, 11) is 0. The molecule has 14 rings (SSSR count). The van der Waals surface area contributed by atoms with E-state index in [0.717, 1.165) is 128 Å². The Balaban J connectivity index is 1.02. The molecule has 0 aliphatic carbocycles. The summed E-state index contributed by atoms with van der Waals surface area (Å²) in [6, 6.07) is 101. The Morgan fingerprint density at radius 3 is 1.24 bits per heavy atom. The molecule has 0 amide bonds. The molecule has 0 N–H and O–H groups in total. The van der Waals surface area contributed by atoms with Crippen LogP contribution in [0, 0.1) is 0 Å². The van der Waals surface area contributed by atoms with Crippen LogP contribution in [0.5, 0.6) is 0 Å². The van der Waals surface area contributed by atoms with Gasteiger partial charge in [0.1, 0.15) is 0 Å². The van der Waals surface area contributed by atoms with Crippen molar-refractivity contribution in [1.82, 2.24) is 23.9 Å². The molecule has 356 valence electrons. The zero-order valence-corrected chi connectivity index (χ0v) is 41.4. The molecule has 0 aliphatic rings. The van der Waals surface area contributed by atoms with Crippen LogP contribution in [0.2, 0.25) is 0 Å². The molecular formula is C71H47N5. The van der Waals surface area contributed by atoms with Gasteiger partial charge in [-0.2, -0.15) is 0 Å². The summed E-state index contributed by atoms with van der Waals surface area (Å²) in [5.74, 6) is 1.52. The van der Waals surface area contributed by atoms with Crippen molar-refractivity contribution in [3.8, 4) is 106 Å². The summed E-state index contributed by atoms with van der Waals surface area (Å²) in [5.41, 5.74) is 23.3. The first-order valence-corrected chi connectivity index (χ1v) is 25.8. The van der Waals surface area contributed by atoms with Crippen molar-refractivity contribution in [1.29, 1.82) is 0 Å². The van der Waals surface area contributed by atoms with Crippen LogP contribution in [0.1, 0.15) is 0 Å². The number of aromatic nitrogens is 5. The molecule has 5 heteroatoms. The van der Waals surface area contributed by atoms with Gasteiger partial charge in [-0.1, -0.05) is 237 Å². The molecule has 76 heavy (non-hydrogen) atoms. The third-order valence-electron chi connectivity index (χ3n) is 14.6. The molecule has 14 aromatic rings. The van der Waals surface area contributed by atoms with Crippen molar-refractivity contribution < 1.29 is 0 Å². The maximum atomic E-state index is 5.63. The molecule has 0 unspecified atom stereocenters. The molecule has 3 aromatic heterocycles. The number of fused-ring (bicyclic) bond motifs is 5. The molecule has 0 fully saturated rings. The van der Waals surface area contributed by atoms with Crippen molar-refractivity contribution in [2.24, 2.45) is 0 Å². The summed E-state index contributed by atoms with van der Waals surface area (Å²) in [6.45, 7) is 0. The largest absolute Gasteiger partial charge is 0.277 e. The summed E-state index contributed by atoms with van der Waals surface area (Å²) in [5, 5.41) is 0. The Hall–Kier alpha value is -10.2. The van der Waals surface area contributed by atoms with Gasteiger partial charge < -0.3 is 0 Å². The van der Waals surface area contributed by atoms with Gasteiger partial charge in [-0.05, 0) is 104 Å². The maximum Gasteiger partial charge on any atom is 0.220 e. The lowest BCUT2D eigenvalue weighted by Gasteiger charge is -2.20. The van der Waals surface area contributed by atoms with Crippen LogP contribution < -0.4 is 0 Å². The van der Waals surface area contributed by atoms with E-state index in [1.165, 1.54) is 0 Å². The fraction of sp³-hybridized carbons (Fsp3) is 0. The molecule has 0 aliphatic heterocycles. The van der Waals surface area contributed by atoms with Gasteiger partial charge in [0.2, 0.25) is 5.78 Å². The third-order valence-corrected chi connectivity index (χ3v) is 14.6. The first-order valence-electron chi connectivity index (χ1n) is 25.8. The smallest absolute Gasteiger partial charge is 0.220 e. The predicted molar refractivity (Wildman–Crippen MR) is 314 cm³/mol. The Labute approximate surface area is 441 Å². The van der Waals surface area contributed by atoms with E-state index in [1.54, 1.807) is 0 Å². The first-order chi connectivity index (χ1) is 37.7. The monoisotopic (exact) mass is 969 g/mol. The number of nitrogens with zero attached hydrogens (tertiary/aromatic N) is 5. The molecule has 0 saturated carbocycles. The van der Waals surface area contributed by atoms with Crippen LogP contribution in [0.25, 0.3) is 134 Å². The van der Waals surface area contributed by atoms with E-state index < -0.39 is 0 Å². The minimum atomic E-state index is 0.686. The van der Waals surface area contributed by atoms with E-state index >= 15 is 0 Å². The van der Waals surface area contributed by atoms with Crippen molar-refractivity contribution in [3.05, 3.63) is 285 Å². The molecule has 0 saturated heterocycles. The van der Waals surface area contributed by atoms with Crippen LogP contribution >= 0.6 is 0 Å². The summed E-state index contributed by atoms with van der Waals surface area (Å²) in [4.78, 5) is 16.0. The van der Waals surface area contributed by atoms with Gasteiger partial charge in [-0.25, -0.2) is 15.0 Å². The van der Waals surface area contributed by atoms with Gasteiger partial charge >= 0.3 is 0 Å². The lowest BCUT2D eigenvalue weighted by Crippen LogP contribution is -2.02. The zero-order chi connectivity index (χ0) is 50.4. The second-order valence-corrected chi connectivity index (χ2v) is 19.2. The summed E-state index contributed by atoms with van der Waals surface area (Å²) < 4.78 is 4.78. The first kappa shape index (κ1) is 44.5. The Kier molecular flexibility index (Phi) is 11.1. The Morgan fingerprint density at radius 2 is 0.671 bits per heavy atom. The van der Waals surface area contributed by atoms with Gasteiger partial charge in [0, 0.05) is 27.8 Å².